The highest BCUT2D eigenvalue weighted by Crippen LogP contribution is 2.18. The van der Waals surface area contributed by atoms with Crippen LogP contribution in [-0.4, -0.2) is 187 Å². The van der Waals surface area contributed by atoms with Crippen molar-refractivity contribution in [2.24, 2.45) is 0 Å². The Bertz CT molecular complexity index is 1700. The maximum Gasteiger partial charge on any atom is 0.317 e. The molecular formula is C33H45N9O16S. The zero-order valence-electron chi connectivity index (χ0n) is 31.6. The summed E-state index contributed by atoms with van der Waals surface area (Å²) < 4.78 is 0. The van der Waals surface area contributed by atoms with Crippen LogP contribution in [-0.2, 0) is 59.3 Å². The molecule has 1 heterocycles. The fraction of sp³-hybridized carbons (Fsp3) is 0.485. The van der Waals surface area contributed by atoms with Gasteiger partial charge in [-0.25, -0.2) is 0 Å². The van der Waals surface area contributed by atoms with E-state index >= 15 is 0 Å². The summed E-state index contributed by atoms with van der Waals surface area (Å²) >= 11 is 5.16. The lowest BCUT2D eigenvalue weighted by atomic mass is 10.0. The fourth-order valence-electron chi connectivity index (χ4n) is 5.63. The molecule has 2 atom stereocenters. The minimum atomic E-state index is -1.35. The van der Waals surface area contributed by atoms with Gasteiger partial charge in [0, 0.05) is 43.7 Å². The Kier molecular flexibility index (Phi) is 20.4. The summed E-state index contributed by atoms with van der Waals surface area (Å²) in [5, 5.41) is 57.2. The molecule has 0 bridgehead atoms. The lowest BCUT2D eigenvalue weighted by Gasteiger charge is -2.39. The molecule has 0 saturated carbocycles. The molecule has 1 fully saturated rings. The summed E-state index contributed by atoms with van der Waals surface area (Å²) in [6.07, 6.45) is -0.0283. The molecule has 1 aromatic rings. The van der Waals surface area contributed by atoms with Crippen LogP contribution in [0.25, 0.3) is 0 Å². The van der Waals surface area contributed by atoms with E-state index in [1.807, 2.05) is 0 Å². The van der Waals surface area contributed by atoms with Crippen LogP contribution in [0.2, 0.25) is 0 Å². The van der Waals surface area contributed by atoms with Gasteiger partial charge < -0.3 is 46.8 Å². The number of rotatable bonds is 27. The molecule has 5 amide bonds. The molecular weight excluding hydrogens is 810 g/mol. The minimum Gasteiger partial charge on any atom is -0.480 e. The number of carboxylic acid groups (broad SMARTS) is 5. The monoisotopic (exact) mass is 855 g/mol. The number of carbonyl (C=O) groups is 10. The number of imide groups is 1. The summed E-state index contributed by atoms with van der Waals surface area (Å²) in [5.41, 5.74) is 3.04. The predicted octanol–water partition coefficient (Wildman–Crippen LogP) is -4.05. The van der Waals surface area contributed by atoms with Gasteiger partial charge in [0.05, 0.1) is 45.8 Å². The Morgan fingerprint density at radius 1 is 0.695 bits per heavy atom. The van der Waals surface area contributed by atoms with Crippen molar-refractivity contribution in [3.05, 3.63) is 29.8 Å². The van der Waals surface area contributed by atoms with Gasteiger partial charge in [-0.2, -0.15) is 10.4 Å². The maximum atomic E-state index is 12.4. The fourth-order valence-corrected chi connectivity index (χ4v) is 5.86. The van der Waals surface area contributed by atoms with Gasteiger partial charge in [-0.15, -0.1) is 5.06 Å². The molecule has 10 N–H and O–H groups in total. The van der Waals surface area contributed by atoms with Crippen LogP contribution in [0.4, 0.5) is 5.69 Å². The van der Waals surface area contributed by atoms with Crippen molar-refractivity contribution < 1.29 is 78.4 Å². The summed E-state index contributed by atoms with van der Waals surface area (Å²) in [6, 6.07) is 4.52. The summed E-state index contributed by atoms with van der Waals surface area (Å²) in [5.74, 6) is -10.0. The lowest BCUT2D eigenvalue weighted by molar-refractivity contribution is -0.208. The molecule has 0 aliphatic carbocycles. The zero-order chi connectivity index (χ0) is 44.2. The van der Waals surface area contributed by atoms with Crippen LogP contribution in [0.15, 0.2) is 24.3 Å². The Morgan fingerprint density at radius 2 is 1.15 bits per heavy atom. The van der Waals surface area contributed by atoms with E-state index in [4.69, 9.17) is 17.2 Å². The van der Waals surface area contributed by atoms with E-state index in [0.29, 0.717) is 16.3 Å². The number of hydrogen-bond acceptors (Lipinski definition) is 16. The number of benzene rings is 1. The number of carboxylic acids is 5. The molecule has 324 valence electrons. The van der Waals surface area contributed by atoms with Crippen molar-refractivity contribution in [1.82, 2.24) is 41.2 Å². The number of hydrogen-bond donors (Lipinski definition) is 10. The molecule has 0 unspecified atom stereocenters. The summed E-state index contributed by atoms with van der Waals surface area (Å²) in [6.45, 7) is -3.97. The van der Waals surface area contributed by atoms with Crippen molar-refractivity contribution in [2.45, 2.75) is 38.3 Å². The predicted molar refractivity (Wildman–Crippen MR) is 202 cm³/mol. The number of amides is 5. The van der Waals surface area contributed by atoms with Crippen molar-refractivity contribution in [3.63, 3.8) is 0 Å². The number of hydroxylamine groups is 3. The second-order valence-electron chi connectivity index (χ2n) is 12.9. The molecule has 1 aliphatic rings. The molecule has 0 spiro atoms. The van der Waals surface area contributed by atoms with Crippen LogP contribution >= 0.6 is 12.2 Å². The van der Waals surface area contributed by atoms with Crippen molar-refractivity contribution in [1.29, 1.82) is 0 Å². The van der Waals surface area contributed by atoms with Gasteiger partial charge in [0.25, 0.3) is 11.8 Å². The first-order chi connectivity index (χ1) is 27.7. The van der Waals surface area contributed by atoms with E-state index in [1.165, 1.54) is 24.0 Å². The van der Waals surface area contributed by atoms with E-state index in [9.17, 15) is 73.5 Å². The molecule has 1 aromatic carbocycles. The topological polar surface area (TPSA) is 354 Å². The van der Waals surface area contributed by atoms with Gasteiger partial charge in [-0.05, 0) is 43.3 Å². The normalized spacial score (nSPS) is 13.5. The molecule has 1 saturated heterocycles. The quantitative estimate of drug-likeness (QED) is 0.0229. The number of carbonyl (C=O) groups excluding carboxylic acids is 5. The third-order valence-corrected chi connectivity index (χ3v) is 8.21. The molecule has 0 aromatic heterocycles. The highest BCUT2D eigenvalue weighted by Gasteiger charge is 2.32. The minimum absolute atomic E-state index is 0.0117. The number of anilines is 1. The van der Waals surface area contributed by atoms with Crippen LogP contribution in [0.3, 0.4) is 0 Å². The zero-order valence-corrected chi connectivity index (χ0v) is 32.4. The third kappa shape index (κ3) is 19.7. The summed E-state index contributed by atoms with van der Waals surface area (Å²) in [7, 11) is 0. The van der Waals surface area contributed by atoms with E-state index < -0.39 is 124 Å². The van der Waals surface area contributed by atoms with Crippen LogP contribution in [0, 0.1) is 0 Å². The van der Waals surface area contributed by atoms with Crippen LogP contribution in [0.5, 0.6) is 0 Å². The van der Waals surface area contributed by atoms with Crippen LogP contribution < -0.4 is 26.7 Å². The molecule has 25 nitrogen and oxygen atoms in total. The largest absolute Gasteiger partial charge is 0.480 e. The molecule has 26 heteroatoms. The average Bonchev–Trinajstić information content (AvgIpc) is 3.43. The first-order valence-corrected chi connectivity index (χ1v) is 17.9. The Labute approximate surface area is 340 Å². The number of nitrogens with one attached hydrogen (secondary N) is 5. The number of aliphatic carboxylic acids is 5. The molecule has 0 radical (unpaired) electrons. The van der Waals surface area contributed by atoms with Crippen molar-refractivity contribution in [3.8, 4) is 0 Å². The highest BCUT2D eigenvalue weighted by atomic mass is 32.1. The van der Waals surface area contributed by atoms with Gasteiger partial charge in [0.2, 0.25) is 17.7 Å². The van der Waals surface area contributed by atoms with Gasteiger partial charge in [-0.1, -0.05) is 12.1 Å². The van der Waals surface area contributed by atoms with Crippen LogP contribution in [0.1, 0.15) is 25.3 Å². The number of thiocarbonyl (C=S) groups is 1. The third-order valence-electron chi connectivity index (χ3n) is 8.00. The Morgan fingerprint density at radius 3 is 1.64 bits per heavy atom. The van der Waals surface area contributed by atoms with E-state index in [1.54, 1.807) is 12.1 Å². The standard InChI is InChI=1S/C33H45N9O16S/c1-19(12-39(14-28(48)49)15-29(50)51)41(18-32(56)57)22(13-40(16-30(52)53)17-31(54)55)8-20-2-4-21(5-3-20)37-33(59)38-25(45)10-35-23(43)9-34-24(44)11-36-58-42-26(46)6-7-27(42)47/h2-5,19,22,36H,6-18H2,1H3,(H,34,44)(H,35,43)(H,48,49)(H,50,51)(H,52,53)(H,54,55)(H,56,57)(H2,37,38,45,59)/t19-,22+/m0/s1. The van der Waals surface area contributed by atoms with E-state index in [2.05, 4.69) is 26.7 Å². The second kappa shape index (κ2) is 24.6. The smallest absolute Gasteiger partial charge is 0.317 e. The van der Waals surface area contributed by atoms with Gasteiger partial charge in [0.15, 0.2) is 5.11 Å². The summed E-state index contributed by atoms with van der Waals surface area (Å²) in [4.78, 5) is 126. The van der Waals surface area contributed by atoms with Crippen molar-refractivity contribution >= 4 is 82.4 Å². The van der Waals surface area contributed by atoms with Crippen molar-refractivity contribution in [2.75, 3.05) is 70.8 Å². The maximum absolute atomic E-state index is 12.4. The van der Waals surface area contributed by atoms with E-state index in [0.717, 1.165) is 9.80 Å². The molecule has 2 rings (SSSR count). The van der Waals surface area contributed by atoms with E-state index in [-0.39, 0.29) is 37.5 Å². The van der Waals surface area contributed by atoms with Gasteiger partial charge in [-0.3, -0.25) is 62.6 Å². The Hall–Kier alpha value is -6.19. The first-order valence-electron chi connectivity index (χ1n) is 17.5. The molecule has 1 aliphatic heterocycles. The second-order valence-corrected chi connectivity index (χ2v) is 13.3. The molecule has 59 heavy (non-hydrogen) atoms. The lowest BCUT2D eigenvalue weighted by Crippen LogP contribution is -2.55. The SMILES string of the molecule is C[C@@H](CN(CC(=O)O)CC(=O)O)N(CC(=O)O)[C@H](Cc1ccc(NC(=S)NC(=O)CNC(=O)CNC(=O)CNON2C(=O)CCC2=O)cc1)CN(CC(=O)O)CC(=O)O. The first kappa shape index (κ1) is 49.0. The Balaban J connectivity index is 2.04. The number of nitrogens with zero attached hydrogens (tertiary/aromatic N) is 4. The highest BCUT2D eigenvalue weighted by molar-refractivity contribution is 7.80. The van der Waals surface area contributed by atoms with Gasteiger partial charge in [0.1, 0.15) is 6.54 Å². The average molecular weight is 856 g/mol. The van der Waals surface area contributed by atoms with Gasteiger partial charge >= 0.3 is 29.8 Å².